The van der Waals surface area contributed by atoms with Crippen molar-refractivity contribution in [3.8, 4) is 11.4 Å². The van der Waals surface area contributed by atoms with Gasteiger partial charge in [0, 0.05) is 21.5 Å². The quantitative estimate of drug-likeness (QED) is 0.479. The summed E-state index contributed by atoms with van der Waals surface area (Å²) >= 11 is 4.96. The molecule has 116 valence electrons. The molecular weight excluding hydrogens is 380 g/mol. The van der Waals surface area contributed by atoms with Crippen molar-refractivity contribution in [1.29, 1.82) is 0 Å². The second-order valence-corrected chi connectivity index (χ2v) is 6.12. The maximum Gasteiger partial charge on any atom is 0.331 e. The molecule has 0 aliphatic heterocycles. The van der Waals surface area contributed by atoms with Gasteiger partial charge in [-0.3, -0.25) is 0 Å². The van der Waals surface area contributed by atoms with Crippen LogP contribution in [0.3, 0.4) is 0 Å². The molecular formula is C16H11BrN2O3S. The summed E-state index contributed by atoms with van der Waals surface area (Å²) in [6, 6.07) is 9.47. The molecule has 0 bridgehead atoms. The third-order valence-electron chi connectivity index (χ3n) is 2.89. The van der Waals surface area contributed by atoms with Gasteiger partial charge in [0.2, 0.25) is 5.82 Å². The van der Waals surface area contributed by atoms with E-state index in [2.05, 4.69) is 26.1 Å². The van der Waals surface area contributed by atoms with E-state index in [1.807, 2.05) is 41.1 Å². The number of halogens is 1. The van der Waals surface area contributed by atoms with Crippen LogP contribution in [0.5, 0.6) is 0 Å². The molecule has 0 aliphatic carbocycles. The highest BCUT2D eigenvalue weighted by molar-refractivity contribution is 9.10. The van der Waals surface area contributed by atoms with Crippen molar-refractivity contribution >= 4 is 39.3 Å². The van der Waals surface area contributed by atoms with Crippen LogP contribution >= 0.6 is 27.3 Å². The Morgan fingerprint density at radius 1 is 1.35 bits per heavy atom. The molecule has 2 heterocycles. The number of esters is 1. The third-order valence-corrected chi connectivity index (χ3v) is 4.29. The van der Waals surface area contributed by atoms with Crippen molar-refractivity contribution in [2.45, 2.75) is 6.61 Å². The van der Waals surface area contributed by atoms with Crippen molar-refractivity contribution in [2.24, 2.45) is 0 Å². The van der Waals surface area contributed by atoms with Crippen LogP contribution in [0, 0.1) is 0 Å². The molecule has 5 nitrogen and oxygen atoms in total. The SMILES string of the molecule is O=C(/C=C/c1ccccc1Br)OCc1nc(-c2ccsc2)no1. The number of thiophene rings is 1. The zero-order valence-corrected chi connectivity index (χ0v) is 14.2. The van der Waals surface area contributed by atoms with Crippen LogP contribution in [-0.2, 0) is 16.1 Å². The first-order chi connectivity index (χ1) is 11.2. The molecule has 1 aromatic carbocycles. The predicted octanol–water partition coefficient (Wildman–Crippen LogP) is 4.32. The molecule has 0 fully saturated rings. The predicted molar refractivity (Wildman–Crippen MR) is 90.6 cm³/mol. The first-order valence-corrected chi connectivity index (χ1v) is 8.40. The first kappa shape index (κ1) is 15.6. The van der Waals surface area contributed by atoms with Crippen molar-refractivity contribution in [2.75, 3.05) is 0 Å². The number of hydrogen-bond donors (Lipinski definition) is 0. The number of aromatic nitrogens is 2. The molecule has 2 aromatic heterocycles. The molecule has 0 spiro atoms. The Kier molecular flexibility index (Phi) is 4.99. The summed E-state index contributed by atoms with van der Waals surface area (Å²) in [6.45, 7) is -0.0593. The lowest BCUT2D eigenvalue weighted by molar-refractivity contribution is -0.139. The molecule has 0 aliphatic rings. The standard InChI is InChI=1S/C16H11BrN2O3S/c17-13-4-2-1-3-11(13)5-6-15(20)21-9-14-18-16(19-22-14)12-7-8-23-10-12/h1-8,10H,9H2/b6-5+. The monoisotopic (exact) mass is 390 g/mol. The van der Waals surface area contributed by atoms with Gasteiger partial charge in [-0.1, -0.05) is 39.3 Å². The van der Waals surface area contributed by atoms with Gasteiger partial charge in [-0.05, 0) is 29.2 Å². The molecule has 3 aromatic rings. The van der Waals surface area contributed by atoms with Gasteiger partial charge in [-0.15, -0.1) is 0 Å². The van der Waals surface area contributed by atoms with Crippen molar-refractivity contribution < 1.29 is 14.1 Å². The molecule has 3 rings (SSSR count). The van der Waals surface area contributed by atoms with Crippen LogP contribution in [0.25, 0.3) is 17.5 Å². The van der Waals surface area contributed by atoms with Crippen molar-refractivity contribution in [1.82, 2.24) is 10.1 Å². The number of nitrogens with zero attached hydrogens (tertiary/aromatic N) is 2. The average molecular weight is 391 g/mol. The van der Waals surface area contributed by atoms with E-state index in [9.17, 15) is 4.79 Å². The van der Waals surface area contributed by atoms with E-state index < -0.39 is 5.97 Å². The number of hydrogen-bond acceptors (Lipinski definition) is 6. The normalized spacial score (nSPS) is 11.0. The van der Waals surface area contributed by atoms with E-state index in [0.717, 1.165) is 15.6 Å². The number of ether oxygens (including phenoxy) is 1. The van der Waals surface area contributed by atoms with E-state index >= 15 is 0 Å². The lowest BCUT2D eigenvalue weighted by Gasteiger charge is -1.98. The fourth-order valence-electron chi connectivity index (χ4n) is 1.77. The molecule has 0 unspecified atom stereocenters. The van der Waals surface area contributed by atoms with Crippen LogP contribution in [0.15, 0.2) is 56.2 Å². The molecule has 0 saturated heterocycles. The van der Waals surface area contributed by atoms with E-state index in [0.29, 0.717) is 5.82 Å². The van der Waals surface area contributed by atoms with Gasteiger partial charge in [0.25, 0.3) is 5.89 Å². The number of carbonyl (C=O) groups is 1. The molecule has 0 amide bonds. The molecule has 0 atom stereocenters. The summed E-state index contributed by atoms with van der Waals surface area (Å²) in [7, 11) is 0. The largest absolute Gasteiger partial charge is 0.452 e. The highest BCUT2D eigenvalue weighted by Gasteiger charge is 2.10. The molecule has 23 heavy (non-hydrogen) atoms. The summed E-state index contributed by atoms with van der Waals surface area (Å²) < 4.78 is 11.0. The second kappa shape index (κ2) is 7.34. The molecule has 0 N–H and O–H groups in total. The van der Waals surface area contributed by atoms with Crippen LogP contribution in [0.1, 0.15) is 11.5 Å². The van der Waals surface area contributed by atoms with Gasteiger partial charge < -0.3 is 9.26 Å². The van der Waals surface area contributed by atoms with E-state index in [4.69, 9.17) is 9.26 Å². The topological polar surface area (TPSA) is 65.2 Å². The average Bonchev–Trinajstić information content (AvgIpc) is 3.23. The maximum atomic E-state index is 11.7. The van der Waals surface area contributed by atoms with Gasteiger partial charge in [0.1, 0.15) is 0 Å². The Balaban J connectivity index is 1.56. The summed E-state index contributed by atoms with van der Waals surface area (Å²) in [6.07, 6.45) is 3.03. The Bertz CT molecular complexity index is 827. The lowest BCUT2D eigenvalue weighted by atomic mass is 10.2. The van der Waals surface area contributed by atoms with Crippen LogP contribution < -0.4 is 0 Å². The van der Waals surface area contributed by atoms with Gasteiger partial charge in [0.15, 0.2) is 6.61 Å². The van der Waals surface area contributed by atoms with Gasteiger partial charge in [-0.2, -0.15) is 16.3 Å². The smallest absolute Gasteiger partial charge is 0.331 e. The van der Waals surface area contributed by atoms with Crippen LogP contribution in [0.2, 0.25) is 0 Å². The Morgan fingerprint density at radius 3 is 3.00 bits per heavy atom. The summed E-state index contributed by atoms with van der Waals surface area (Å²) in [4.78, 5) is 15.9. The van der Waals surface area contributed by atoms with Crippen LogP contribution in [0.4, 0.5) is 0 Å². The third kappa shape index (κ3) is 4.14. The second-order valence-electron chi connectivity index (χ2n) is 4.49. The maximum absolute atomic E-state index is 11.7. The van der Waals surface area contributed by atoms with E-state index in [1.165, 1.54) is 6.08 Å². The van der Waals surface area contributed by atoms with Crippen molar-refractivity contribution in [3.05, 3.63) is 63.1 Å². The first-order valence-electron chi connectivity index (χ1n) is 6.67. The fraction of sp³-hybridized carbons (Fsp3) is 0.0625. The fourth-order valence-corrected chi connectivity index (χ4v) is 2.82. The molecule has 0 radical (unpaired) electrons. The highest BCUT2D eigenvalue weighted by atomic mass is 79.9. The Labute approximate surface area is 144 Å². The summed E-state index contributed by atoms with van der Waals surface area (Å²) in [5, 5.41) is 7.69. The number of carbonyl (C=O) groups excluding carboxylic acids is 1. The molecule has 0 saturated carbocycles. The number of benzene rings is 1. The van der Waals surface area contributed by atoms with E-state index in [-0.39, 0.29) is 12.5 Å². The van der Waals surface area contributed by atoms with Gasteiger partial charge in [-0.25, -0.2) is 4.79 Å². The summed E-state index contributed by atoms with van der Waals surface area (Å²) in [5.74, 6) is 0.269. The van der Waals surface area contributed by atoms with Crippen molar-refractivity contribution in [3.63, 3.8) is 0 Å². The summed E-state index contributed by atoms with van der Waals surface area (Å²) in [5.41, 5.74) is 1.77. The zero-order valence-electron chi connectivity index (χ0n) is 11.8. The Hall–Kier alpha value is -2.25. The zero-order chi connectivity index (χ0) is 16.1. The number of rotatable bonds is 5. The minimum atomic E-state index is -0.476. The van der Waals surface area contributed by atoms with E-state index in [1.54, 1.807) is 17.4 Å². The Morgan fingerprint density at radius 2 is 2.22 bits per heavy atom. The van der Waals surface area contributed by atoms with Gasteiger partial charge >= 0.3 is 5.97 Å². The lowest BCUT2D eigenvalue weighted by Crippen LogP contribution is -2.01. The highest BCUT2D eigenvalue weighted by Crippen LogP contribution is 2.19. The molecule has 7 heteroatoms. The minimum absolute atomic E-state index is 0.0593. The van der Waals surface area contributed by atoms with Crippen LogP contribution in [-0.4, -0.2) is 16.1 Å². The van der Waals surface area contributed by atoms with Gasteiger partial charge in [0.05, 0.1) is 0 Å². The minimum Gasteiger partial charge on any atom is -0.452 e.